The zero-order valence-electron chi connectivity index (χ0n) is 20.1. The third-order valence-corrected chi connectivity index (χ3v) is 6.71. The molecular formula is C24H23F2N7O5. The number of fused-ring (bicyclic) bond motifs is 2. The number of ether oxygens (including phenoxy) is 3. The summed E-state index contributed by atoms with van der Waals surface area (Å²) in [5.41, 5.74) is 1.06. The summed E-state index contributed by atoms with van der Waals surface area (Å²) in [6.45, 7) is -0.167. The number of morpholine rings is 1. The predicted molar refractivity (Wildman–Crippen MR) is 127 cm³/mol. The van der Waals surface area contributed by atoms with Crippen molar-refractivity contribution in [3.63, 3.8) is 0 Å². The summed E-state index contributed by atoms with van der Waals surface area (Å²) in [4.78, 5) is 29.8. The highest BCUT2D eigenvalue weighted by molar-refractivity contribution is 6.09. The molecule has 6 rings (SSSR count). The number of nitrogens with zero attached hydrogens (tertiary/aromatic N) is 5. The van der Waals surface area contributed by atoms with Crippen LogP contribution in [-0.2, 0) is 19.0 Å². The van der Waals surface area contributed by atoms with Crippen molar-refractivity contribution in [3.05, 3.63) is 59.7 Å². The molecule has 2 fully saturated rings. The normalized spacial score (nSPS) is 23.2. The van der Waals surface area contributed by atoms with Crippen LogP contribution in [0.5, 0.6) is 0 Å². The Morgan fingerprint density at radius 3 is 2.97 bits per heavy atom. The molecule has 3 atom stereocenters. The number of nitrogens with one attached hydrogen (secondary N) is 2. The van der Waals surface area contributed by atoms with Crippen LogP contribution in [0.1, 0.15) is 35.4 Å². The molecule has 0 saturated carbocycles. The first kappa shape index (κ1) is 24.0. The molecule has 0 radical (unpaired) electrons. The van der Waals surface area contributed by atoms with Gasteiger partial charge in [-0.3, -0.25) is 9.48 Å². The lowest BCUT2D eigenvalue weighted by atomic mass is 9.87. The van der Waals surface area contributed by atoms with Crippen LogP contribution in [0.2, 0.25) is 0 Å². The predicted octanol–water partition coefficient (Wildman–Crippen LogP) is 2.14. The lowest BCUT2D eigenvalue weighted by Gasteiger charge is -2.36. The minimum atomic E-state index is -3.09. The van der Waals surface area contributed by atoms with Crippen molar-refractivity contribution in [2.75, 3.05) is 25.1 Å². The lowest BCUT2D eigenvalue weighted by molar-refractivity contribution is -0.140. The smallest absolute Gasteiger partial charge is 0.387 e. The summed E-state index contributed by atoms with van der Waals surface area (Å²) in [5, 5.41) is 14.7. The fourth-order valence-corrected chi connectivity index (χ4v) is 4.93. The van der Waals surface area contributed by atoms with Crippen LogP contribution in [0, 0.1) is 5.92 Å². The van der Waals surface area contributed by atoms with Gasteiger partial charge in [-0.25, -0.2) is 14.3 Å². The number of alkyl halides is 2. The van der Waals surface area contributed by atoms with E-state index in [-0.39, 0.29) is 40.9 Å². The quantitative estimate of drug-likeness (QED) is 0.463. The van der Waals surface area contributed by atoms with Crippen molar-refractivity contribution in [2.24, 2.45) is 5.92 Å². The van der Waals surface area contributed by atoms with Gasteiger partial charge in [0.1, 0.15) is 29.4 Å². The van der Waals surface area contributed by atoms with E-state index in [9.17, 15) is 18.4 Å². The summed E-state index contributed by atoms with van der Waals surface area (Å²) < 4.78 is 45.8. The molecule has 0 spiro atoms. The second-order valence-electron chi connectivity index (χ2n) is 9.02. The van der Waals surface area contributed by atoms with E-state index in [1.54, 1.807) is 25.3 Å². The Morgan fingerprint density at radius 1 is 1.32 bits per heavy atom. The minimum Gasteiger partial charge on any atom is -0.495 e. The molecule has 14 heteroatoms. The average Bonchev–Trinajstić information content (AvgIpc) is 3.63. The van der Waals surface area contributed by atoms with Crippen molar-refractivity contribution in [1.29, 1.82) is 0 Å². The summed E-state index contributed by atoms with van der Waals surface area (Å²) in [6.07, 6.45) is 7.99. The molecule has 1 aliphatic carbocycles. The van der Waals surface area contributed by atoms with E-state index in [4.69, 9.17) is 14.2 Å². The number of hydrogen-bond donors (Lipinski definition) is 2. The van der Waals surface area contributed by atoms with Gasteiger partial charge in [0.05, 0.1) is 30.7 Å². The van der Waals surface area contributed by atoms with Gasteiger partial charge in [-0.05, 0) is 12.1 Å². The molecule has 38 heavy (non-hydrogen) atoms. The number of esters is 1. The Hall–Kier alpha value is -4.33. The van der Waals surface area contributed by atoms with Crippen LogP contribution in [0.4, 0.5) is 14.5 Å². The number of halogens is 2. The summed E-state index contributed by atoms with van der Waals surface area (Å²) in [5.74, 6) is -1.03. The zero-order chi connectivity index (χ0) is 26.4. The van der Waals surface area contributed by atoms with Gasteiger partial charge in [0, 0.05) is 36.9 Å². The SMILES string of the molecule is CC1C(OC(F)F)=C(c2nn(C3CCOC3=O)cc2NC(=O)c2cnn3cccnc23)C=C2OCCNC21. The standard InChI is InChI=1S/C24H23F2N7O5/c1-12-18-17(36-8-5-27-18)9-13(20(12)38-24(25)26)19-15(11-33(31-19)16-3-7-37-23(16)35)30-22(34)14-10-29-32-6-2-4-28-21(14)32/h2,4,6,9-12,16,18,24,27H,3,5,7-8H2,1H3,(H,30,34). The molecule has 5 heterocycles. The second kappa shape index (κ2) is 9.52. The van der Waals surface area contributed by atoms with E-state index < -0.39 is 30.4 Å². The number of cyclic esters (lactones) is 1. The van der Waals surface area contributed by atoms with E-state index in [0.717, 1.165) is 0 Å². The van der Waals surface area contributed by atoms with Gasteiger partial charge < -0.3 is 24.8 Å². The Bertz CT molecular complexity index is 1480. The number of aromatic nitrogens is 5. The molecule has 2 aliphatic heterocycles. The molecule has 1 amide bonds. The zero-order valence-corrected chi connectivity index (χ0v) is 20.1. The first-order valence-corrected chi connectivity index (χ1v) is 12.0. The first-order chi connectivity index (χ1) is 18.4. The first-order valence-electron chi connectivity index (χ1n) is 12.0. The van der Waals surface area contributed by atoms with E-state index in [1.165, 1.54) is 27.8 Å². The van der Waals surface area contributed by atoms with Crippen LogP contribution >= 0.6 is 0 Å². The van der Waals surface area contributed by atoms with Gasteiger partial charge in [-0.2, -0.15) is 19.0 Å². The molecule has 3 unspecified atom stereocenters. The largest absolute Gasteiger partial charge is 0.495 e. The maximum Gasteiger partial charge on any atom is 0.387 e. The second-order valence-corrected chi connectivity index (χ2v) is 9.02. The van der Waals surface area contributed by atoms with Gasteiger partial charge in [-0.1, -0.05) is 6.92 Å². The number of rotatable bonds is 6. The highest BCUT2D eigenvalue weighted by Crippen LogP contribution is 2.40. The summed E-state index contributed by atoms with van der Waals surface area (Å²) in [6, 6.07) is 0.581. The monoisotopic (exact) mass is 527 g/mol. The third-order valence-electron chi connectivity index (χ3n) is 6.71. The highest BCUT2D eigenvalue weighted by Gasteiger charge is 2.38. The Labute approximate surface area is 214 Å². The Balaban J connectivity index is 1.46. The molecule has 3 aromatic heterocycles. The number of hydrogen-bond acceptors (Lipinski definition) is 9. The highest BCUT2D eigenvalue weighted by atomic mass is 19.3. The van der Waals surface area contributed by atoms with Crippen molar-refractivity contribution >= 4 is 28.8 Å². The number of amides is 1. The fraction of sp³-hybridized carbons (Fsp3) is 0.375. The van der Waals surface area contributed by atoms with Crippen molar-refractivity contribution in [1.82, 2.24) is 29.7 Å². The van der Waals surface area contributed by atoms with Gasteiger partial charge in [-0.15, -0.1) is 0 Å². The van der Waals surface area contributed by atoms with E-state index in [2.05, 4.69) is 25.8 Å². The molecule has 198 valence electrons. The number of anilines is 1. The van der Waals surface area contributed by atoms with E-state index >= 15 is 0 Å². The fourth-order valence-electron chi connectivity index (χ4n) is 4.93. The Kier molecular flexibility index (Phi) is 6.02. The minimum absolute atomic E-state index is 0.0147. The van der Waals surface area contributed by atoms with Crippen molar-refractivity contribution in [3.8, 4) is 0 Å². The van der Waals surface area contributed by atoms with Gasteiger partial charge >= 0.3 is 12.6 Å². The third kappa shape index (κ3) is 4.16. The van der Waals surface area contributed by atoms with Crippen molar-refractivity contribution < 1.29 is 32.6 Å². The van der Waals surface area contributed by atoms with Crippen LogP contribution in [0.15, 0.2) is 48.4 Å². The maximum atomic E-state index is 13.6. The van der Waals surface area contributed by atoms with Crippen LogP contribution < -0.4 is 10.6 Å². The summed E-state index contributed by atoms with van der Waals surface area (Å²) >= 11 is 0. The number of allylic oxidation sites excluding steroid dienone is 2. The molecule has 3 aromatic rings. The van der Waals surface area contributed by atoms with E-state index in [1.807, 2.05) is 0 Å². The van der Waals surface area contributed by atoms with Gasteiger partial charge in [0.25, 0.3) is 5.91 Å². The average molecular weight is 527 g/mol. The molecule has 0 aromatic carbocycles. The lowest BCUT2D eigenvalue weighted by Crippen LogP contribution is -2.46. The van der Waals surface area contributed by atoms with Crippen LogP contribution in [-0.4, -0.2) is 68.7 Å². The molecule has 2 N–H and O–H groups in total. The Morgan fingerprint density at radius 2 is 2.18 bits per heavy atom. The van der Waals surface area contributed by atoms with Gasteiger partial charge in [0.15, 0.2) is 11.7 Å². The van der Waals surface area contributed by atoms with E-state index in [0.29, 0.717) is 31.0 Å². The number of carbonyl (C=O) groups excluding carboxylic acids is 2. The molecular weight excluding hydrogens is 504 g/mol. The molecule has 2 saturated heterocycles. The maximum absolute atomic E-state index is 13.6. The molecule has 0 bridgehead atoms. The van der Waals surface area contributed by atoms with Crippen molar-refractivity contribution in [2.45, 2.75) is 32.0 Å². The van der Waals surface area contributed by atoms with Crippen LogP contribution in [0.25, 0.3) is 11.2 Å². The molecule has 12 nitrogen and oxygen atoms in total. The molecule has 3 aliphatic rings. The summed E-state index contributed by atoms with van der Waals surface area (Å²) in [7, 11) is 0. The van der Waals surface area contributed by atoms with Gasteiger partial charge in [0.2, 0.25) is 0 Å². The number of carbonyl (C=O) groups is 2. The van der Waals surface area contributed by atoms with Crippen LogP contribution in [0.3, 0.4) is 0 Å². The topological polar surface area (TPSA) is 134 Å².